The number of rotatable bonds is 6. The van der Waals surface area contributed by atoms with Crippen molar-refractivity contribution in [3.8, 4) is 0 Å². The molecule has 1 aromatic rings. The van der Waals surface area contributed by atoms with Gasteiger partial charge < -0.3 is 9.80 Å². The van der Waals surface area contributed by atoms with E-state index in [0.717, 1.165) is 63.8 Å². The van der Waals surface area contributed by atoms with Gasteiger partial charge in [0.25, 0.3) is 5.91 Å². The molecule has 0 unspecified atom stereocenters. The molecule has 1 aliphatic heterocycles. The zero-order valence-corrected chi connectivity index (χ0v) is 15.5. The van der Waals surface area contributed by atoms with Crippen molar-refractivity contribution in [3.05, 3.63) is 35.4 Å². The molecule has 4 heteroatoms. The molecule has 0 aromatic heterocycles. The quantitative estimate of drug-likeness (QED) is 0.795. The average molecular weight is 342 g/mol. The monoisotopic (exact) mass is 342 g/mol. The van der Waals surface area contributed by atoms with Gasteiger partial charge in [-0.15, -0.1) is 0 Å². The normalized spacial score (nSPS) is 18.2. The van der Waals surface area contributed by atoms with Crippen LogP contribution in [-0.4, -0.2) is 47.8 Å². The Labute approximate surface area is 151 Å². The Bertz CT molecular complexity index is 595. The third kappa shape index (κ3) is 4.42. The van der Waals surface area contributed by atoms with Crippen LogP contribution < -0.4 is 0 Å². The van der Waals surface area contributed by atoms with E-state index in [2.05, 4.69) is 17.0 Å². The summed E-state index contributed by atoms with van der Waals surface area (Å²) in [5.41, 5.74) is 2.07. The first-order chi connectivity index (χ1) is 12.1. The molecule has 1 aromatic carbocycles. The van der Waals surface area contributed by atoms with Crippen LogP contribution in [0.25, 0.3) is 0 Å². The number of amides is 2. The Morgan fingerprint density at radius 3 is 2.12 bits per heavy atom. The Morgan fingerprint density at radius 1 is 1.00 bits per heavy atom. The van der Waals surface area contributed by atoms with Gasteiger partial charge in [0.15, 0.2) is 0 Å². The fraction of sp³-hybridized carbons (Fsp3) is 0.619. The van der Waals surface area contributed by atoms with Gasteiger partial charge in [0.2, 0.25) is 5.91 Å². The summed E-state index contributed by atoms with van der Waals surface area (Å²) >= 11 is 0. The number of carbonyl (C=O) groups is 2. The highest BCUT2D eigenvalue weighted by Gasteiger charge is 2.34. The van der Waals surface area contributed by atoms with Crippen LogP contribution in [0.3, 0.4) is 0 Å². The zero-order chi connectivity index (χ0) is 17.8. The van der Waals surface area contributed by atoms with Crippen LogP contribution in [0, 0.1) is 11.8 Å². The Balaban J connectivity index is 1.50. The molecule has 0 spiro atoms. The van der Waals surface area contributed by atoms with E-state index in [-0.39, 0.29) is 5.91 Å². The van der Waals surface area contributed by atoms with Crippen molar-refractivity contribution in [2.24, 2.45) is 11.8 Å². The van der Waals surface area contributed by atoms with Gasteiger partial charge in [-0.05, 0) is 69.6 Å². The molecule has 2 aliphatic rings. The van der Waals surface area contributed by atoms with E-state index in [1.807, 2.05) is 30.9 Å². The lowest BCUT2D eigenvalue weighted by Gasteiger charge is -2.32. The fourth-order valence-electron chi connectivity index (χ4n) is 3.76. The van der Waals surface area contributed by atoms with Crippen molar-refractivity contribution in [2.45, 2.75) is 46.0 Å². The van der Waals surface area contributed by atoms with Crippen LogP contribution >= 0.6 is 0 Å². The van der Waals surface area contributed by atoms with E-state index in [0.29, 0.717) is 17.7 Å². The molecule has 0 atom stereocenters. The lowest BCUT2D eigenvalue weighted by Crippen LogP contribution is -2.39. The van der Waals surface area contributed by atoms with E-state index in [4.69, 9.17) is 0 Å². The summed E-state index contributed by atoms with van der Waals surface area (Å²) < 4.78 is 0. The van der Waals surface area contributed by atoms with Gasteiger partial charge in [-0.2, -0.15) is 0 Å². The summed E-state index contributed by atoms with van der Waals surface area (Å²) in [5.74, 6) is 1.49. The summed E-state index contributed by atoms with van der Waals surface area (Å²) in [7, 11) is 0. The molecule has 0 N–H and O–H groups in total. The number of piperidine rings is 1. The van der Waals surface area contributed by atoms with Crippen molar-refractivity contribution >= 4 is 11.8 Å². The first kappa shape index (κ1) is 18.0. The molecule has 136 valence electrons. The van der Waals surface area contributed by atoms with Crippen LogP contribution in [0.4, 0.5) is 0 Å². The largest absolute Gasteiger partial charge is 0.342 e. The van der Waals surface area contributed by atoms with Crippen LogP contribution in [0.15, 0.2) is 24.3 Å². The van der Waals surface area contributed by atoms with Gasteiger partial charge in [-0.1, -0.05) is 12.1 Å². The van der Waals surface area contributed by atoms with Crippen molar-refractivity contribution in [2.75, 3.05) is 26.2 Å². The van der Waals surface area contributed by atoms with Crippen LogP contribution in [0.1, 0.15) is 55.5 Å². The molecule has 3 rings (SSSR count). The van der Waals surface area contributed by atoms with Crippen molar-refractivity contribution in [3.63, 3.8) is 0 Å². The van der Waals surface area contributed by atoms with Crippen LogP contribution in [0.5, 0.6) is 0 Å². The Morgan fingerprint density at radius 2 is 1.60 bits per heavy atom. The van der Waals surface area contributed by atoms with Crippen molar-refractivity contribution in [1.29, 1.82) is 0 Å². The molecule has 2 amide bonds. The second-order valence-electron chi connectivity index (χ2n) is 7.42. The number of likely N-dealkylation sites (tertiary alicyclic amines) is 1. The average Bonchev–Trinajstić information content (AvgIpc) is 3.48. The van der Waals surface area contributed by atoms with Crippen molar-refractivity contribution in [1.82, 2.24) is 9.80 Å². The molecule has 0 bridgehead atoms. The van der Waals surface area contributed by atoms with Crippen LogP contribution in [0.2, 0.25) is 0 Å². The predicted molar refractivity (Wildman–Crippen MR) is 99.4 cm³/mol. The summed E-state index contributed by atoms with van der Waals surface area (Å²) in [5, 5.41) is 0. The third-order valence-electron chi connectivity index (χ3n) is 5.63. The van der Waals surface area contributed by atoms with Crippen molar-refractivity contribution < 1.29 is 9.59 Å². The second kappa shape index (κ2) is 8.03. The SMILES string of the molecule is CCN(CC)C(=O)c1ccc(CC2CCN(C(=O)C3CC3)CC2)cc1. The van der Waals surface area contributed by atoms with Crippen LogP contribution in [-0.2, 0) is 11.2 Å². The number of carbonyl (C=O) groups excluding carboxylic acids is 2. The van der Waals surface area contributed by atoms with Gasteiger partial charge in [-0.25, -0.2) is 0 Å². The molecule has 2 fully saturated rings. The number of nitrogens with zero attached hydrogens (tertiary/aromatic N) is 2. The van der Waals surface area contributed by atoms with Gasteiger partial charge in [0, 0.05) is 37.7 Å². The maximum absolute atomic E-state index is 12.4. The molecule has 1 saturated heterocycles. The third-order valence-corrected chi connectivity index (χ3v) is 5.63. The molecule has 1 saturated carbocycles. The standard InChI is InChI=1S/C21H30N2O2/c1-3-22(4-2)20(24)18-7-5-16(6-8-18)15-17-11-13-23(14-12-17)21(25)19-9-10-19/h5-8,17,19H,3-4,9-15H2,1-2H3. The minimum absolute atomic E-state index is 0.114. The van der Waals surface area contributed by atoms with E-state index in [1.54, 1.807) is 0 Å². The minimum atomic E-state index is 0.114. The Hall–Kier alpha value is -1.84. The first-order valence-electron chi connectivity index (χ1n) is 9.79. The first-order valence-corrected chi connectivity index (χ1v) is 9.79. The summed E-state index contributed by atoms with van der Waals surface area (Å²) in [6.07, 6.45) is 5.43. The number of hydrogen-bond acceptors (Lipinski definition) is 2. The second-order valence-corrected chi connectivity index (χ2v) is 7.42. The fourth-order valence-corrected chi connectivity index (χ4v) is 3.76. The summed E-state index contributed by atoms with van der Waals surface area (Å²) in [4.78, 5) is 28.4. The molecule has 1 heterocycles. The molecule has 25 heavy (non-hydrogen) atoms. The van der Waals surface area contributed by atoms with E-state index in [9.17, 15) is 9.59 Å². The van der Waals surface area contributed by atoms with Gasteiger partial charge in [0.1, 0.15) is 0 Å². The summed E-state index contributed by atoms with van der Waals surface area (Å²) in [6.45, 7) is 7.34. The lowest BCUT2D eigenvalue weighted by molar-refractivity contribution is -0.133. The Kier molecular flexibility index (Phi) is 5.77. The van der Waals surface area contributed by atoms with E-state index >= 15 is 0 Å². The zero-order valence-electron chi connectivity index (χ0n) is 15.5. The molecular formula is C21H30N2O2. The minimum Gasteiger partial charge on any atom is -0.342 e. The number of benzene rings is 1. The van der Waals surface area contributed by atoms with E-state index in [1.165, 1.54) is 5.56 Å². The molecule has 4 nitrogen and oxygen atoms in total. The maximum atomic E-state index is 12.4. The highest BCUT2D eigenvalue weighted by Crippen LogP contribution is 2.32. The highest BCUT2D eigenvalue weighted by atomic mass is 16.2. The summed E-state index contributed by atoms with van der Waals surface area (Å²) in [6, 6.07) is 8.11. The smallest absolute Gasteiger partial charge is 0.253 e. The molecule has 1 aliphatic carbocycles. The van der Waals surface area contributed by atoms with Gasteiger partial charge in [-0.3, -0.25) is 9.59 Å². The van der Waals surface area contributed by atoms with E-state index < -0.39 is 0 Å². The highest BCUT2D eigenvalue weighted by molar-refractivity contribution is 5.94. The van der Waals surface area contributed by atoms with Gasteiger partial charge in [0.05, 0.1) is 0 Å². The molecule has 0 radical (unpaired) electrons. The topological polar surface area (TPSA) is 40.6 Å². The molecular weight excluding hydrogens is 312 g/mol. The number of hydrogen-bond donors (Lipinski definition) is 0. The predicted octanol–water partition coefficient (Wildman–Crippen LogP) is 3.36. The lowest BCUT2D eigenvalue weighted by atomic mass is 9.89. The van der Waals surface area contributed by atoms with Gasteiger partial charge >= 0.3 is 0 Å². The maximum Gasteiger partial charge on any atom is 0.253 e.